The van der Waals surface area contributed by atoms with E-state index in [2.05, 4.69) is 16.8 Å². The highest BCUT2D eigenvalue weighted by atomic mass is 32.2. The predicted octanol–water partition coefficient (Wildman–Crippen LogP) is 4.03. The molecular formula is C21H17N3O2S. The van der Waals surface area contributed by atoms with Gasteiger partial charge in [-0.3, -0.25) is 9.69 Å². The minimum absolute atomic E-state index is 0.00702. The van der Waals surface area contributed by atoms with Crippen molar-refractivity contribution < 1.29 is 9.21 Å². The van der Waals surface area contributed by atoms with Gasteiger partial charge in [0, 0.05) is 17.5 Å². The highest BCUT2D eigenvalue weighted by Crippen LogP contribution is 2.22. The number of rotatable bonds is 4. The third-order valence-corrected chi connectivity index (χ3v) is 5.09. The molecule has 3 aromatic rings. The molecule has 1 fully saturated rings. The van der Waals surface area contributed by atoms with Crippen LogP contribution in [0, 0.1) is 0 Å². The fourth-order valence-corrected chi connectivity index (χ4v) is 3.68. The van der Waals surface area contributed by atoms with E-state index in [1.54, 1.807) is 11.0 Å². The van der Waals surface area contributed by atoms with Crippen molar-refractivity contribution in [3.05, 3.63) is 78.9 Å². The Kier molecular flexibility index (Phi) is 4.89. The van der Waals surface area contributed by atoms with Gasteiger partial charge >= 0.3 is 0 Å². The molecule has 27 heavy (non-hydrogen) atoms. The topological polar surface area (TPSA) is 58.2 Å². The van der Waals surface area contributed by atoms with Gasteiger partial charge in [0.1, 0.15) is 5.58 Å². The first-order valence-electron chi connectivity index (χ1n) is 8.50. The fourth-order valence-electron chi connectivity index (χ4n) is 2.84. The zero-order chi connectivity index (χ0) is 18.6. The van der Waals surface area contributed by atoms with Gasteiger partial charge in [0.25, 0.3) is 0 Å². The second-order valence-electron chi connectivity index (χ2n) is 5.93. The molecule has 0 atom stereocenters. The van der Waals surface area contributed by atoms with Crippen LogP contribution in [0.2, 0.25) is 0 Å². The predicted molar refractivity (Wildman–Crippen MR) is 109 cm³/mol. The average Bonchev–Trinajstić information content (AvgIpc) is 3.06. The average molecular weight is 375 g/mol. The Bertz CT molecular complexity index is 1100. The fraction of sp³-hybridized carbons (Fsp3) is 0.0952. The van der Waals surface area contributed by atoms with Crippen molar-refractivity contribution in [1.82, 2.24) is 4.90 Å². The summed E-state index contributed by atoms with van der Waals surface area (Å²) in [6.45, 7) is 4.11. The van der Waals surface area contributed by atoms with Crippen LogP contribution in [-0.4, -0.2) is 28.3 Å². The molecule has 0 N–H and O–H groups in total. The lowest BCUT2D eigenvalue weighted by Crippen LogP contribution is -2.29. The van der Waals surface area contributed by atoms with Crippen LogP contribution in [0.3, 0.4) is 0 Å². The Morgan fingerprint density at radius 2 is 1.89 bits per heavy atom. The molecule has 0 saturated carbocycles. The van der Waals surface area contributed by atoms with Crippen LogP contribution in [0.4, 0.5) is 0 Å². The molecular weight excluding hydrogens is 358 g/mol. The summed E-state index contributed by atoms with van der Waals surface area (Å²) in [7, 11) is 0. The molecule has 0 unspecified atom stereocenters. The number of amides is 1. The Labute approximate surface area is 160 Å². The number of thioether (sulfide) groups is 1. The third-order valence-electron chi connectivity index (χ3n) is 4.14. The summed E-state index contributed by atoms with van der Waals surface area (Å²) in [5.74, 6) is 0.371. The molecule has 2 aromatic carbocycles. The first-order chi connectivity index (χ1) is 13.3. The monoisotopic (exact) mass is 375 g/mol. The number of nitrogens with zero attached hydrogens (tertiary/aromatic N) is 3. The number of fused-ring (bicyclic) bond motifs is 1. The standard InChI is InChI=1S/C21H17N3O2S/c1-2-12-24-19(25)14-27-21(24)23-22-20-17(15-8-4-3-5-9-15)13-16-10-6-7-11-18(16)26-20/h2-11,13H,1,12,14H2/b22-20+,23-21+. The first-order valence-corrected chi connectivity index (χ1v) is 9.49. The van der Waals surface area contributed by atoms with Crippen LogP contribution in [0.5, 0.6) is 0 Å². The Morgan fingerprint density at radius 1 is 1.11 bits per heavy atom. The van der Waals surface area contributed by atoms with Crippen LogP contribution in [0.25, 0.3) is 22.1 Å². The molecule has 1 aromatic heterocycles. The molecule has 0 bridgehead atoms. The van der Waals surface area contributed by atoms with E-state index in [0.717, 1.165) is 22.1 Å². The Morgan fingerprint density at radius 3 is 2.70 bits per heavy atom. The van der Waals surface area contributed by atoms with E-state index in [-0.39, 0.29) is 5.91 Å². The smallest absolute Gasteiger partial charge is 0.246 e. The Hall–Kier alpha value is -3.12. The SMILES string of the molecule is C=CCN1C(=O)CS/C1=N/N=c1/oc2ccccc2cc1-c1ccccc1. The molecule has 1 saturated heterocycles. The van der Waals surface area contributed by atoms with Gasteiger partial charge in [0.15, 0.2) is 5.17 Å². The number of carbonyl (C=O) groups is 1. The van der Waals surface area contributed by atoms with Gasteiger partial charge < -0.3 is 4.42 Å². The summed E-state index contributed by atoms with van der Waals surface area (Å²) in [5, 5.41) is 10.2. The van der Waals surface area contributed by atoms with Crippen molar-refractivity contribution in [3.63, 3.8) is 0 Å². The maximum Gasteiger partial charge on any atom is 0.246 e. The molecule has 5 nitrogen and oxygen atoms in total. The van der Waals surface area contributed by atoms with Crippen LogP contribution < -0.4 is 5.55 Å². The van der Waals surface area contributed by atoms with Gasteiger partial charge in [-0.1, -0.05) is 66.4 Å². The van der Waals surface area contributed by atoms with Gasteiger partial charge in [0.05, 0.1) is 5.75 Å². The van der Waals surface area contributed by atoms with Gasteiger partial charge in [-0.2, -0.15) is 0 Å². The summed E-state index contributed by atoms with van der Waals surface area (Å²) >= 11 is 1.37. The molecule has 0 radical (unpaired) electrons. The zero-order valence-electron chi connectivity index (χ0n) is 14.5. The van der Waals surface area contributed by atoms with Gasteiger partial charge in [-0.25, -0.2) is 0 Å². The van der Waals surface area contributed by atoms with Crippen molar-refractivity contribution >= 4 is 33.8 Å². The van der Waals surface area contributed by atoms with Crippen molar-refractivity contribution in [3.8, 4) is 11.1 Å². The molecule has 134 valence electrons. The molecule has 1 amide bonds. The Balaban J connectivity index is 1.87. The lowest BCUT2D eigenvalue weighted by atomic mass is 10.1. The van der Waals surface area contributed by atoms with Gasteiger partial charge in [-0.15, -0.1) is 16.8 Å². The summed E-state index contributed by atoms with van der Waals surface area (Å²) < 4.78 is 6.02. The lowest BCUT2D eigenvalue weighted by Gasteiger charge is -2.11. The lowest BCUT2D eigenvalue weighted by molar-refractivity contribution is -0.123. The van der Waals surface area contributed by atoms with E-state index in [1.807, 2.05) is 60.7 Å². The molecule has 6 heteroatoms. The van der Waals surface area contributed by atoms with Crippen molar-refractivity contribution in [2.45, 2.75) is 0 Å². The molecule has 4 rings (SSSR count). The highest BCUT2D eigenvalue weighted by Gasteiger charge is 2.27. The normalized spacial score (nSPS) is 16.4. The van der Waals surface area contributed by atoms with E-state index in [0.29, 0.717) is 23.0 Å². The van der Waals surface area contributed by atoms with Crippen molar-refractivity contribution in [1.29, 1.82) is 0 Å². The van der Waals surface area contributed by atoms with E-state index in [9.17, 15) is 4.79 Å². The number of benzene rings is 2. The molecule has 2 heterocycles. The van der Waals surface area contributed by atoms with Gasteiger partial charge in [0.2, 0.25) is 11.5 Å². The molecule has 0 spiro atoms. The van der Waals surface area contributed by atoms with Crippen LogP contribution in [0.1, 0.15) is 0 Å². The van der Waals surface area contributed by atoms with Crippen molar-refractivity contribution in [2.75, 3.05) is 12.3 Å². The van der Waals surface area contributed by atoms with E-state index < -0.39 is 0 Å². The summed E-state index contributed by atoms with van der Waals surface area (Å²) in [4.78, 5) is 13.5. The third kappa shape index (κ3) is 3.57. The second-order valence-corrected chi connectivity index (χ2v) is 6.88. The number of para-hydroxylation sites is 1. The van der Waals surface area contributed by atoms with E-state index in [1.165, 1.54) is 11.8 Å². The minimum atomic E-state index is 0.00702. The maximum absolute atomic E-state index is 12.0. The van der Waals surface area contributed by atoms with Crippen LogP contribution >= 0.6 is 11.8 Å². The molecule has 1 aliphatic rings. The molecule has 1 aliphatic heterocycles. The minimum Gasteiger partial charge on any atom is -0.436 e. The highest BCUT2D eigenvalue weighted by molar-refractivity contribution is 8.15. The largest absolute Gasteiger partial charge is 0.436 e. The number of hydrogen-bond donors (Lipinski definition) is 0. The number of amidine groups is 1. The number of carbonyl (C=O) groups excluding carboxylic acids is 1. The number of hydrogen-bond acceptors (Lipinski definition) is 5. The summed E-state index contributed by atoms with van der Waals surface area (Å²) in [5.41, 5.74) is 2.98. The van der Waals surface area contributed by atoms with E-state index >= 15 is 0 Å². The molecule has 0 aliphatic carbocycles. The second kappa shape index (κ2) is 7.63. The van der Waals surface area contributed by atoms with Crippen LogP contribution in [0.15, 0.2) is 87.9 Å². The quantitative estimate of drug-likeness (QED) is 0.511. The summed E-state index contributed by atoms with van der Waals surface area (Å²) in [6.07, 6.45) is 1.68. The summed E-state index contributed by atoms with van der Waals surface area (Å²) in [6, 6.07) is 19.7. The van der Waals surface area contributed by atoms with Crippen molar-refractivity contribution in [2.24, 2.45) is 10.2 Å². The van der Waals surface area contributed by atoms with Gasteiger partial charge in [-0.05, 0) is 17.7 Å². The maximum atomic E-state index is 12.0. The van der Waals surface area contributed by atoms with E-state index in [4.69, 9.17) is 4.42 Å². The zero-order valence-corrected chi connectivity index (χ0v) is 15.4. The van der Waals surface area contributed by atoms with Crippen LogP contribution in [-0.2, 0) is 4.79 Å². The first kappa shape index (κ1) is 17.3.